The van der Waals surface area contributed by atoms with Crippen LogP contribution in [0.5, 0.6) is 0 Å². The molecule has 3 saturated heterocycles. The molecule has 0 aliphatic carbocycles. The molecule has 1 spiro atoms. The van der Waals surface area contributed by atoms with Gasteiger partial charge in [0.1, 0.15) is 6.10 Å². The predicted octanol–water partition coefficient (Wildman–Crippen LogP) is 6.27. The maximum Gasteiger partial charge on any atom is 0.348 e. The van der Waals surface area contributed by atoms with E-state index in [0.29, 0.717) is 29.6 Å². The minimum atomic E-state index is -1.53. The summed E-state index contributed by atoms with van der Waals surface area (Å²) in [6.45, 7) is 4.38. The number of piperidine rings is 1. The summed E-state index contributed by atoms with van der Waals surface area (Å²) in [5.74, 6) is -0.740. The van der Waals surface area contributed by atoms with E-state index < -0.39 is 11.6 Å². The van der Waals surface area contributed by atoms with Gasteiger partial charge in [0, 0.05) is 44.9 Å². The first kappa shape index (κ1) is 27.9. The highest BCUT2D eigenvalue weighted by atomic mass is 16.7. The second-order valence-electron chi connectivity index (χ2n) is 11.6. The number of hydrogen-bond acceptors (Lipinski definition) is 5. The standard InChI is InChI=1S/C33H44NO5/c1-2-3-4-11-18-31(35)37-25-38-33(26-14-7-5-8-15-26,27-16-9-6-10-17-27)32(36)39-30-23-28-19-20-29(24-30)34(28)21-12-13-22-34/h5-10,14-17,28-30H,2-4,11-13,18-25H2,1H3/q+1. The maximum atomic E-state index is 14.3. The molecular weight excluding hydrogens is 490 g/mol. The number of hydrogen-bond donors (Lipinski definition) is 0. The molecule has 6 nitrogen and oxygen atoms in total. The summed E-state index contributed by atoms with van der Waals surface area (Å²) in [6.07, 6.45) is 11.1. The molecule has 5 rings (SSSR count). The van der Waals surface area contributed by atoms with Gasteiger partial charge >= 0.3 is 11.9 Å². The highest BCUT2D eigenvalue weighted by Gasteiger charge is 2.57. The van der Waals surface area contributed by atoms with E-state index in [1.807, 2.05) is 60.7 Å². The highest BCUT2D eigenvalue weighted by Crippen LogP contribution is 2.47. The lowest BCUT2D eigenvalue weighted by Crippen LogP contribution is -2.60. The lowest BCUT2D eigenvalue weighted by Gasteiger charge is -2.47. The Kier molecular flexibility index (Phi) is 9.03. The van der Waals surface area contributed by atoms with Gasteiger partial charge in [-0.1, -0.05) is 86.8 Å². The summed E-state index contributed by atoms with van der Waals surface area (Å²) in [5, 5.41) is 0. The number of carbonyl (C=O) groups excluding carboxylic acids is 2. The first-order valence-corrected chi connectivity index (χ1v) is 15.1. The topological polar surface area (TPSA) is 61.8 Å². The lowest BCUT2D eigenvalue weighted by atomic mass is 9.85. The van der Waals surface area contributed by atoms with Gasteiger partial charge in [0.25, 0.3) is 0 Å². The van der Waals surface area contributed by atoms with E-state index in [-0.39, 0.29) is 18.9 Å². The smallest absolute Gasteiger partial charge is 0.348 e. The van der Waals surface area contributed by atoms with E-state index in [4.69, 9.17) is 14.2 Å². The second kappa shape index (κ2) is 12.6. The van der Waals surface area contributed by atoms with Crippen molar-refractivity contribution in [2.24, 2.45) is 0 Å². The largest absolute Gasteiger partial charge is 0.459 e. The van der Waals surface area contributed by atoms with Crippen molar-refractivity contribution in [3.63, 3.8) is 0 Å². The van der Waals surface area contributed by atoms with Gasteiger partial charge < -0.3 is 18.7 Å². The van der Waals surface area contributed by atoms with Crippen LogP contribution in [0.25, 0.3) is 0 Å². The van der Waals surface area contributed by atoms with Crippen LogP contribution < -0.4 is 0 Å². The Bertz CT molecular complexity index is 1030. The minimum absolute atomic E-state index is 0.129. The molecule has 0 amide bonds. The van der Waals surface area contributed by atoms with Crippen molar-refractivity contribution in [3.05, 3.63) is 71.8 Å². The van der Waals surface area contributed by atoms with Crippen LogP contribution in [-0.4, -0.2) is 54.5 Å². The van der Waals surface area contributed by atoms with Crippen LogP contribution in [-0.2, 0) is 29.4 Å². The Morgan fingerprint density at radius 3 is 2.00 bits per heavy atom. The number of quaternary nitrogens is 1. The first-order chi connectivity index (χ1) is 19.1. The molecule has 2 atom stereocenters. The molecule has 6 heteroatoms. The van der Waals surface area contributed by atoms with Crippen molar-refractivity contribution >= 4 is 11.9 Å². The summed E-state index contributed by atoms with van der Waals surface area (Å²) in [5.41, 5.74) is -0.189. The molecular formula is C33H44NO5+. The van der Waals surface area contributed by atoms with Crippen LogP contribution in [0.4, 0.5) is 0 Å². The SMILES string of the molecule is CCCCCCC(=O)OCOC(C(=O)OC1CC2CCC(C1)[N+]21CCCC1)(c1ccccc1)c1ccccc1. The van der Waals surface area contributed by atoms with Gasteiger partial charge in [0.15, 0.2) is 6.79 Å². The van der Waals surface area contributed by atoms with Gasteiger partial charge in [0.05, 0.1) is 25.2 Å². The monoisotopic (exact) mass is 534 g/mol. The number of ether oxygens (including phenoxy) is 3. The summed E-state index contributed by atoms with van der Waals surface area (Å²) in [6, 6.07) is 20.1. The number of carbonyl (C=O) groups is 2. The van der Waals surface area contributed by atoms with Crippen LogP contribution in [0.2, 0.25) is 0 Å². The van der Waals surface area contributed by atoms with Gasteiger partial charge in [-0.3, -0.25) is 4.79 Å². The molecule has 0 aromatic heterocycles. The van der Waals surface area contributed by atoms with Crippen molar-refractivity contribution in [1.82, 2.24) is 0 Å². The minimum Gasteiger partial charge on any atom is -0.459 e. The van der Waals surface area contributed by atoms with E-state index in [1.54, 1.807) is 0 Å². The number of unbranched alkanes of at least 4 members (excludes halogenated alkanes) is 3. The third-order valence-corrected chi connectivity index (χ3v) is 9.41. The molecule has 210 valence electrons. The molecule has 2 aromatic carbocycles. The van der Waals surface area contributed by atoms with Crippen molar-refractivity contribution in [2.45, 2.75) is 101 Å². The quantitative estimate of drug-likeness (QED) is 0.139. The Morgan fingerprint density at radius 2 is 1.44 bits per heavy atom. The zero-order valence-corrected chi connectivity index (χ0v) is 23.4. The second-order valence-corrected chi connectivity index (χ2v) is 11.6. The molecule has 39 heavy (non-hydrogen) atoms. The maximum absolute atomic E-state index is 14.3. The Morgan fingerprint density at radius 1 is 0.846 bits per heavy atom. The van der Waals surface area contributed by atoms with Crippen LogP contribution in [0.3, 0.4) is 0 Å². The zero-order chi connectivity index (χ0) is 27.1. The fraction of sp³-hybridized carbons (Fsp3) is 0.576. The van der Waals surface area contributed by atoms with Gasteiger partial charge in [-0.25, -0.2) is 4.79 Å². The predicted molar refractivity (Wildman–Crippen MR) is 150 cm³/mol. The summed E-state index contributed by atoms with van der Waals surface area (Å²) < 4.78 is 19.5. The van der Waals surface area contributed by atoms with Gasteiger partial charge in [-0.05, 0) is 17.5 Å². The summed E-state index contributed by atoms with van der Waals surface area (Å²) in [7, 11) is 0. The normalized spacial score (nSPS) is 23.6. The first-order valence-electron chi connectivity index (χ1n) is 15.1. The van der Waals surface area contributed by atoms with Gasteiger partial charge in [0.2, 0.25) is 5.60 Å². The Labute approximate surface area is 233 Å². The average molecular weight is 535 g/mol. The van der Waals surface area contributed by atoms with Crippen molar-refractivity contribution in [2.75, 3.05) is 19.9 Å². The zero-order valence-electron chi connectivity index (χ0n) is 23.4. The number of esters is 2. The van der Waals surface area contributed by atoms with Crippen molar-refractivity contribution in [1.29, 1.82) is 0 Å². The van der Waals surface area contributed by atoms with Crippen LogP contribution in [0.15, 0.2) is 60.7 Å². The molecule has 0 saturated carbocycles. The molecule has 0 N–H and O–H groups in total. The average Bonchev–Trinajstić information content (AvgIpc) is 3.51. The van der Waals surface area contributed by atoms with E-state index in [2.05, 4.69) is 6.92 Å². The molecule has 3 aliphatic rings. The lowest BCUT2D eigenvalue weighted by molar-refractivity contribution is -0.956. The molecule has 2 aromatic rings. The number of benzene rings is 2. The number of nitrogens with zero attached hydrogens (tertiary/aromatic N) is 1. The fourth-order valence-corrected chi connectivity index (χ4v) is 7.47. The van der Waals surface area contributed by atoms with Crippen molar-refractivity contribution in [3.8, 4) is 0 Å². The van der Waals surface area contributed by atoms with Gasteiger partial charge in [-0.2, -0.15) is 0 Å². The summed E-state index contributed by atoms with van der Waals surface area (Å²) >= 11 is 0. The molecule has 3 heterocycles. The molecule has 3 fully saturated rings. The number of rotatable bonds is 12. The van der Waals surface area contributed by atoms with Crippen LogP contribution in [0.1, 0.15) is 88.7 Å². The Balaban J connectivity index is 1.36. The van der Waals surface area contributed by atoms with Crippen LogP contribution >= 0.6 is 0 Å². The molecule has 2 bridgehead atoms. The highest BCUT2D eigenvalue weighted by molar-refractivity contribution is 5.86. The molecule has 3 aliphatic heterocycles. The van der Waals surface area contributed by atoms with E-state index in [9.17, 15) is 9.59 Å². The summed E-state index contributed by atoms with van der Waals surface area (Å²) in [4.78, 5) is 26.7. The molecule has 2 unspecified atom stereocenters. The van der Waals surface area contributed by atoms with Crippen LogP contribution in [0, 0.1) is 0 Å². The van der Waals surface area contributed by atoms with Gasteiger partial charge in [-0.15, -0.1) is 0 Å². The van der Waals surface area contributed by atoms with E-state index >= 15 is 0 Å². The third-order valence-electron chi connectivity index (χ3n) is 9.41. The molecule has 0 radical (unpaired) electrons. The Hall–Kier alpha value is -2.70. The fourth-order valence-electron chi connectivity index (χ4n) is 7.47. The van der Waals surface area contributed by atoms with Crippen molar-refractivity contribution < 1.29 is 28.3 Å². The van der Waals surface area contributed by atoms with E-state index in [0.717, 1.165) is 38.5 Å². The third kappa shape index (κ3) is 5.78. The van der Waals surface area contributed by atoms with E-state index in [1.165, 1.54) is 43.3 Å².